The molecule has 0 unspecified atom stereocenters. The summed E-state index contributed by atoms with van der Waals surface area (Å²) in [5, 5.41) is 6.04. The number of anilines is 1. The Morgan fingerprint density at radius 3 is 2.03 bits per heavy atom. The summed E-state index contributed by atoms with van der Waals surface area (Å²) in [6, 6.07) is 9.86. The van der Waals surface area contributed by atoms with Gasteiger partial charge in [-0.3, -0.25) is 0 Å². The fourth-order valence-corrected chi connectivity index (χ4v) is 2.49. The Kier molecular flexibility index (Phi) is 8.79. The smallest absolute Gasteiger partial charge is 0.422 e. The number of thiocarbonyl (C=S) groups is 1. The van der Waals surface area contributed by atoms with Crippen LogP contribution in [0.3, 0.4) is 0 Å². The summed E-state index contributed by atoms with van der Waals surface area (Å²) in [5.74, 6) is -5.28. The lowest BCUT2D eigenvalue weighted by Crippen LogP contribution is -2.33. The Labute approximate surface area is 188 Å². The third-order valence-electron chi connectivity index (χ3n) is 3.66. The van der Waals surface area contributed by atoms with E-state index in [1.807, 2.05) is 0 Å². The molecule has 0 bridgehead atoms. The van der Waals surface area contributed by atoms with E-state index in [4.69, 9.17) is 23.8 Å². The maximum absolute atomic E-state index is 13.1. The van der Waals surface area contributed by atoms with Gasteiger partial charge < -0.3 is 20.1 Å². The van der Waals surface area contributed by atoms with Gasteiger partial charge in [0.15, 0.2) is 18.3 Å². The monoisotopic (exact) mass is 504 g/mol. The molecule has 2 rings (SSSR count). The molecular formula is C19H16ClF7N2O2S. The summed E-state index contributed by atoms with van der Waals surface area (Å²) in [7, 11) is 0. The van der Waals surface area contributed by atoms with Crippen molar-refractivity contribution in [3.05, 3.63) is 53.1 Å². The molecule has 0 spiro atoms. The molecular weight excluding hydrogens is 489 g/mol. The van der Waals surface area contributed by atoms with Gasteiger partial charge >= 0.3 is 18.5 Å². The average Bonchev–Trinajstić information content (AvgIpc) is 2.70. The van der Waals surface area contributed by atoms with Crippen LogP contribution in [0.1, 0.15) is 5.56 Å². The predicted octanol–water partition coefficient (Wildman–Crippen LogP) is 6.05. The number of alkyl halides is 7. The highest BCUT2D eigenvalue weighted by molar-refractivity contribution is 7.80. The van der Waals surface area contributed by atoms with E-state index in [2.05, 4.69) is 20.1 Å². The summed E-state index contributed by atoms with van der Waals surface area (Å²) in [6.45, 7) is -3.08. The molecule has 0 atom stereocenters. The number of hydrogen-bond acceptors (Lipinski definition) is 3. The van der Waals surface area contributed by atoms with Gasteiger partial charge in [-0.05, 0) is 29.9 Å². The van der Waals surface area contributed by atoms with Gasteiger partial charge in [-0.25, -0.2) is 8.78 Å². The van der Waals surface area contributed by atoms with Crippen molar-refractivity contribution in [2.24, 2.45) is 0 Å². The van der Waals surface area contributed by atoms with E-state index in [9.17, 15) is 30.7 Å². The number of halogens is 8. The number of hydrogen-bond donors (Lipinski definition) is 2. The van der Waals surface area contributed by atoms with E-state index in [0.29, 0.717) is 5.02 Å². The Balaban J connectivity index is 2.10. The molecule has 4 nitrogen and oxygen atoms in total. The first-order valence-electron chi connectivity index (χ1n) is 8.77. The fraction of sp³-hybridized carbons (Fsp3) is 0.316. The maximum Gasteiger partial charge on any atom is 0.422 e. The molecule has 176 valence electrons. The van der Waals surface area contributed by atoms with Gasteiger partial charge in [0, 0.05) is 35.5 Å². The Morgan fingerprint density at radius 2 is 1.50 bits per heavy atom. The van der Waals surface area contributed by atoms with Crippen molar-refractivity contribution in [1.82, 2.24) is 5.32 Å². The summed E-state index contributed by atoms with van der Waals surface area (Å²) < 4.78 is 97.5. The highest BCUT2D eigenvalue weighted by Crippen LogP contribution is 2.30. The molecule has 13 heteroatoms. The van der Waals surface area contributed by atoms with E-state index in [-0.39, 0.29) is 17.3 Å². The number of nitrogens with one attached hydrogen (secondary N) is 2. The number of benzene rings is 2. The van der Waals surface area contributed by atoms with Gasteiger partial charge in [0.25, 0.3) is 0 Å². The minimum absolute atomic E-state index is 0.0219. The molecule has 0 heterocycles. The van der Waals surface area contributed by atoms with Crippen molar-refractivity contribution in [3.8, 4) is 11.5 Å². The van der Waals surface area contributed by atoms with Gasteiger partial charge in [-0.1, -0.05) is 23.7 Å². The van der Waals surface area contributed by atoms with Crippen LogP contribution in [0.5, 0.6) is 11.5 Å². The Bertz CT molecular complexity index is 912. The van der Waals surface area contributed by atoms with Crippen molar-refractivity contribution in [2.75, 3.05) is 18.5 Å². The normalized spacial score (nSPS) is 11.9. The van der Waals surface area contributed by atoms with Gasteiger partial charge in [0.1, 0.15) is 11.5 Å². The lowest BCUT2D eigenvalue weighted by molar-refractivity contribution is -0.153. The van der Waals surface area contributed by atoms with Crippen LogP contribution < -0.4 is 20.1 Å². The minimum atomic E-state index is -4.66. The van der Waals surface area contributed by atoms with Crippen molar-refractivity contribution >= 4 is 34.6 Å². The summed E-state index contributed by atoms with van der Waals surface area (Å²) in [4.78, 5) is 0. The Morgan fingerprint density at radius 1 is 0.938 bits per heavy atom. The van der Waals surface area contributed by atoms with E-state index in [1.165, 1.54) is 0 Å². The van der Waals surface area contributed by atoms with Gasteiger partial charge in [0.05, 0.1) is 0 Å². The average molecular weight is 505 g/mol. The molecule has 2 aromatic rings. The molecule has 0 amide bonds. The van der Waals surface area contributed by atoms with Crippen LogP contribution in [0, 0.1) is 0 Å². The molecule has 0 aromatic heterocycles. The molecule has 0 aliphatic rings. The zero-order valence-electron chi connectivity index (χ0n) is 16.0. The second-order valence-electron chi connectivity index (χ2n) is 6.38. The molecule has 0 radical (unpaired) electrons. The van der Waals surface area contributed by atoms with E-state index in [1.54, 1.807) is 24.3 Å². The van der Waals surface area contributed by atoms with Crippen molar-refractivity contribution in [2.45, 2.75) is 25.1 Å². The highest BCUT2D eigenvalue weighted by atomic mass is 35.5. The molecule has 0 fully saturated rings. The molecule has 2 aromatic carbocycles. The first-order chi connectivity index (χ1) is 14.8. The van der Waals surface area contributed by atoms with Gasteiger partial charge in [-0.15, -0.1) is 0 Å². The topological polar surface area (TPSA) is 42.5 Å². The van der Waals surface area contributed by atoms with Crippen LogP contribution in [-0.4, -0.2) is 36.9 Å². The second kappa shape index (κ2) is 10.9. The van der Waals surface area contributed by atoms with Crippen molar-refractivity contribution in [1.29, 1.82) is 0 Å². The lowest BCUT2D eigenvalue weighted by Gasteiger charge is -2.18. The van der Waals surface area contributed by atoms with Crippen LogP contribution in [0.25, 0.3) is 0 Å². The van der Waals surface area contributed by atoms with Crippen molar-refractivity contribution < 1.29 is 40.2 Å². The fourth-order valence-electron chi connectivity index (χ4n) is 2.18. The summed E-state index contributed by atoms with van der Waals surface area (Å²) >= 11 is 10.9. The van der Waals surface area contributed by atoms with Gasteiger partial charge in [0.2, 0.25) is 0 Å². The first-order valence-corrected chi connectivity index (χ1v) is 9.55. The van der Waals surface area contributed by atoms with Gasteiger partial charge in [-0.2, -0.15) is 22.0 Å². The molecule has 0 aliphatic carbocycles. The minimum Gasteiger partial charge on any atom is -0.487 e. The van der Waals surface area contributed by atoms with Crippen LogP contribution in [-0.2, 0) is 6.54 Å². The van der Waals surface area contributed by atoms with Crippen molar-refractivity contribution in [3.63, 3.8) is 0 Å². The van der Waals surface area contributed by atoms with E-state index >= 15 is 0 Å². The quantitative estimate of drug-likeness (QED) is 0.322. The second-order valence-corrected chi connectivity index (χ2v) is 7.23. The largest absolute Gasteiger partial charge is 0.487 e. The van der Waals surface area contributed by atoms with Crippen LogP contribution in [0.2, 0.25) is 5.02 Å². The summed E-state index contributed by atoms with van der Waals surface area (Å²) in [6.07, 6.45) is -8.64. The third-order valence-corrected chi connectivity index (χ3v) is 4.16. The van der Waals surface area contributed by atoms with E-state index < -0.39 is 43.2 Å². The number of rotatable bonds is 9. The SMILES string of the molecule is FC(F)C(F)(F)COc1cc(NC(=S)NCc2ccc(Cl)cc2)cc(OCC(F)(F)F)c1. The molecule has 2 N–H and O–H groups in total. The number of ether oxygens (including phenoxy) is 2. The molecule has 0 saturated carbocycles. The standard InChI is InChI=1S/C19H16ClF7N2O2S/c20-12-3-1-11(2-4-12)8-28-17(32)29-13-5-14(30-9-18(23,24)16(21)22)7-15(6-13)31-10-19(25,26)27/h1-7,16H,8-10H2,(H2,28,29,32). The summed E-state index contributed by atoms with van der Waals surface area (Å²) in [5.41, 5.74) is 0.840. The highest BCUT2D eigenvalue weighted by Gasteiger charge is 2.41. The zero-order valence-corrected chi connectivity index (χ0v) is 17.6. The maximum atomic E-state index is 13.1. The van der Waals surface area contributed by atoms with Crippen LogP contribution in [0.15, 0.2) is 42.5 Å². The molecule has 32 heavy (non-hydrogen) atoms. The molecule has 0 saturated heterocycles. The zero-order chi connectivity index (χ0) is 23.9. The van der Waals surface area contributed by atoms with Crippen LogP contribution >= 0.6 is 23.8 Å². The van der Waals surface area contributed by atoms with E-state index in [0.717, 1.165) is 23.8 Å². The van der Waals surface area contributed by atoms with Crippen LogP contribution in [0.4, 0.5) is 36.4 Å². The molecule has 0 aliphatic heterocycles. The third kappa shape index (κ3) is 8.95. The Hall–Kier alpha value is -2.47. The predicted molar refractivity (Wildman–Crippen MR) is 109 cm³/mol. The lowest BCUT2D eigenvalue weighted by atomic mass is 10.2. The first kappa shape index (κ1) is 25.8.